The van der Waals surface area contributed by atoms with Crippen molar-refractivity contribution in [1.29, 1.82) is 0 Å². The van der Waals surface area contributed by atoms with Crippen LogP contribution in [0.1, 0.15) is 129 Å². The molecule has 0 spiro atoms. The molecular formula is C22H45KO4S. The molecule has 0 saturated heterocycles. The minimum Gasteiger partial charge on any atom is -0.748 e. The monoisotopic (exact) mass is 444 g/mol. The smallest absolute Gasteiger partial charge is 0.748 e. The zero-order chi connectivity index (χ0) is 20.2. The fraction of sp³-hybridized carbons (Fsp3) is 1.00. The average molecular weight is 445 g/mol. The molecule has 28 heavy (non-hydrogen) atoms. The average Bonchev–Trinajstić information content (AvgIpc) is 2.62. The Hall–Kier alpha value is 1.51. The van der Waals surface area contributed by atoms with Crippen molar-refractivity contribution < 1.29 is 69.5 Å². The van der Waals surface area contributed by atoms with Crippen molar-refractivity contribution in [3.63, 3.8) is 0 Å². The first kappa shape index (κ1) is 31.7. The maximum absolute atomic E-state index is 11.5. The standard InChI is InChI=1S/C22H46O4S.K/c1-2-3-4-5-10-13-16-19-22(27(24,25)26)20-17-14-11-8-6-7-9-12-15-18-21-23;/h22-23H,2-21H2,1H3,(H,24,25,26);/q;+1/p-1. The van der Waals surface area contributed by atoms with Gasteiger partial charge in [-0.05, 0) is 19.3 Å². The van der Waals surface area contributed by atoms with Crippen LogP contribution < -0.4 is 51.4 Å². The van der Waals surface area contributed by atoms with Crippen molar-refractivity contribution in [2.45, 2.75) is 134 Å². The van der Waals surface area contributed by atoms with E-state index in [9.17, 15) is 13.0 Å². The van der Waals surface area contributed by atoms with Crippen LogP contribution in [0.5, 0.6) is 0 Å². The van der Waals surface area contributed by atoms with E-state index in [1.807, 2.05) is 0 Å². The van der Waals surface area contributed by atoms with Gasteiger partial charge < -0.3 is 9.66 Å². The van der Waals surface area contributed by atoms with E-state index < -0.39 is 15.4 Å². The second kappa shape index (κ2) is 23.2. The van der Waals surface area contributed by atoms with Crippen LogP contribution >= 0.6 is 0 Å². The molecule has 0 bridgehead atoms. The largest absolute Gasteiger partial charge is 1.00 e. The van der Waals surface area contributed by atoms with E-state index in [0.29, 0.717) is 19.4 Å². The molecule has 0 heterocycles. The number of hydrogen-bond donors (Lipinski definition) is 1. The Morgan fingerprint density at radius 3 is 1.29 bits per heavy atom. The van der Waals surface area contributed by atoms with Crippen LogP contribution in [0.3, 0.4) is 0 Å². The van der Waals surface area contributed by atoms with E-state index in [-0.39, 0.29) is 51.4 Å². The van der Waals surface area contributed by atoms with Gasteiger partial charge >= 0.3 is 51.4 Å². The molecule has 1 N–H and O–H groups in total. The number of rotatable bonds is 21. The Balaban J connectivity index is 0. The van der Waals surface area contributed by atoms with Crippen molar-refractivity contribution >= 4 is 10.1 Å². The first-order valence-corrected chi connectivity index (χ1v) is 13.0. The first-order chi connectivity index (χ1) is 13.0. The van der Waals surface area contributed by atoms with Crippen LogP contribution in [-0.2, 0) is 10.1 Å². The molecule has 1 atom stereocenters. The maximum atomic E-state index is 11.5. The van der Waals surface area contributed by atoms with Gasteiger partial charge in [-0.1, -0.05) is 110 Å². The molecular weight excluding hydrogens is 399 g/mol. The van der Waals surface area contributed by atoms with Crippen LogP contribution in [0.15, 0.2) is 0 Å². The van der Waals surface area contributed by atoms with Crippen LogP contribution in [-0.4, -0.2) is 29.9 Å². The molecule has 6 heteroatoms. The van der Waals surface area contributed by atoms with Crippen molar-refractivity contribution in [2.24, 2.45) is 0 Å². The Morgan fingerprint density at radius 1 is 0.643 bits per heavy atom. The third-order valence-corrected chi connectivity index (χ3v) is 6.76. The molecule has 0 aromatic heterocycles. The molecule has 0 aliphatic heterocycles. The summed E-state index contributed by atoms with van der Waals surface area (Å²) in [5.74, 6) is 0. The molecule has 0 amide bonds. The van der Waals surface area contributed by atoms with Gasteiger partial charge in [0.2, 0.25) is 0 Å². The summed E-state index contributed by atoms with van der Waals surface area (Å²) in [5.41, 5.74) is 0. The summed E-state index contributed by atoms with van der Waals surface area (Å²) in [6.45, 7) is 2.50. The van der Waals surface area contributed by atoms with Gasteiger partial charge in [0.05, 0.1) is 10.1 Å². The Morgan fingerprint density at radius 2 is 0.964 bits per heavy atom. The van der Waals surface area contributed by atoms with Gasteiger partial charge in [0, 0.05) is 11.9 Å². The van der Waals surface area contributed by atoms with E-state index in [4.69, 9.17) is 5.11 Å². The second-order valence-electron chi connectivity index (χ2n) is 8.07. The summed E-state index contributed by atoms with van der Waals surface area (Å²) in [6, 6.07) is 0. The molecule has 164 valence electrons. The van der Waals surface area contributed by atoms with Crippen molar-refractivity contribution in [2.75, 3.05) is 6.61 Å². The van der Waals surface area contributed by atoms with Gasteiger partial charge in [-0.3, -0.25) is 0 Å². The van der Waals surface area contributed by atoms with E-state index in [0.717, 1.165) is 51.4 Å². The molecule has 0 rings (SSSR count). The van der Waals surface area contributed by atoms with Gasteiger partial charge in [-0.2, -0.15) is 0 Å². The molecule has 0 fully saturated rings. The number of unbranched alkanes of at least 4 members (excludes halogenated alkanes) is 15. The minimum atomic E-state index is -4.15. The quantitative estimate of drug-likeness (QED) is 0.167. The predicted molar refractivity (Wildman–Crippen MR) is 114 cm³/mol. The van der Waals surface area contributed by atoms with E-state index in [1.54, 1.807) is 0 Å². The molecule has 0 aliphatic carbocycles. The summed E-state index contributed by atoms with van der Waals surface area (Å²) in [4.78, 5) is 0. The van der Waals surface area contributed by atoms with Crippen molar-refractivity contribution in [3.05, 3.63) is 0 Å². The SMILES string of the molecule is CCCCCCCCCC(CCCCCCCCCCCCO)S(=O)(=O)[O-].[K+]. The third kappa shape index (κ3) is 22.2. The first-order valence-electron chi connectivity index (χ1n) is 11.6. The number of hydrogen-bond acceptors (Lipinski definition) is 4. The van der Waals surface area contributed by atoms with Crippen molar-refractivity contribution in [3.8, 4) is 0 Å². The van der Waals surface area contributed by atoms with Crippen LogP contribution in [0, 0.1) is 0 Å². The molecule has 0 aromatic rings. The number of aliphatic hydroxyl groups excluding tert-OH is 1. The summed E-state index contributed by atoms with van der Waals surface area (Å²) < 4.78 is 34.4. The molecule has 1 unspecified atom stereocenters. The van der Waals surface area contributed by atoms with Gasteiger partial charge in [0.15, 0.2) is 0 Å². The summed E-state index contributed by atoms with van der Waals surface area (Å²) >= 11 is 0. The number of aliphatic hydroxyl groups is 1. The van der Waals surface area contributed by atoms with E-state index in [2.05, 4.69) is 6.92 Å². The molecule has 0 radical (unpaired) electrons. The molecule has 0 aliphatic rings. The second-order valence-corrected chi connectivity index (χ2v) is 9.72. The zero-order valence-corrected chi connectivity index (χ0v) is 22.7. The van der Waals surface area contributed by atoms with Crippen LogP contribution in [0.25, 0.3) is 0 Å². The maximum Gasteiger partial charge on any atom is 1.00 e. The fourth-order valence-corrected chi connectivity index (χ4v) is 4.57. The molecule has 4 nitrogen and oxygen atoms in total. The molecule has 0 aromatic carbocycles. The predicted octanol–water partition coefficient (Wildman–Crippen LogP) is 3.33. The van der Waals surface area contributed by atoms with Crippen LogP contribution in [0.4, 0.5) is 0 Å². The Kier molecular flexibility index (Phi) is 26.2. The van der Waals surface area contributed by atoms with Crippen molar-refractivity contribution in [1.82, 2.24) is 0 Å². The molecule has 0 saturated carbocycles. The normalized spacial score (nSPS) is 12.7. The summed E-state index contributed by atoms with van der Waals surface area (Å²) in [7, 11) is -4.15. The minimum absolute atomic E-state index is 0. The Labute approximate surface area is 218 Å². The third-order valence-electron chi connectivity index (χ3n) is 5.47. The summed E-state index contributed by atoms with van der Waals surface area (Å²) in [6.07, 6.45) is 20.4. The fourth-order valence-electron chi connectivity index (χ4n) is 3.66. The van der Waals surface area contributed by atoms with Gasteiger partial charge in [0.1, 0.15) is 0 Å². The van der Waals surface area contributed by atoms with E-state index in [1.165, 1.54) is 57.8 Å². The zero-order valence-electron chi connectivity index (χ0n) is 18.8. The van der Waals surface area contributed by atoms with Gasteiger partial charge in [0.25, 0.3) is 0 Å². The Bertz CT molecular complexity index is 401. The van der Waals surface area contributed by atoms with Gasteiger partial charge in [-0.15, -0.1) is 0 Å². The summed E-state index contributed by atoms with van der Waals surface area (Å²) in [5, 5.41) is 8.05. The van der Waals surface area contributed by atoms with Crippen LogP contribution in [0.2, 0.25) is 0 Å². The van der Waals surface area contributed by atoms with Gasteiger partial charge in [-0.25, -0.2) is 8.42 Å². The van der Waals surface area contributed by atoms with E-state index >= 15 is 0 Å². The topological polar surface area (TPSA) is 77.4 Å².